The Bertz CT molecular complexity index is 1060. The zero-order valence-corrected chi connectivity index (χ0v) is 17.2. The summed E-state index contributed by atoms with van der Waals surface area (Å²) in [5.74, 6) is 0.859. The molecule has 4 aromatic rings. The summed E-state index contributed by atoms with van der Waals surface area (Å²) in [6.07, 6.45) is 2.14. The highest BCUT2D eigenvalue weighted by molar-refractivity contribution is 5.65. The van der Waals surface area contributed by atoms with E-state index in [0.717, 1.165) is 28.3 Å². The van der Waals surface area contributed by atoms with Gasteiger partial charge in [0.05, 0.1) is 11.4 Å². The first kappa shape index (κ1) is 19.0. The SMILES string of the molecule is CC(C)(C)c1cn(-c2ccccc2)nc1-c1ccc(OCc2ccccc2)cc1. The van der Waals surface area contributed by atoms with E-state index in [2.05, 4.69) is 63.4 Å². The van der Waals surface area contributed by atoms with Crippen LogP contribution in [0.15, 0.2) is 91.1 Å². The lowest BCUT2D eigenvalue weighted by molar-refractivity contribution is 0.306. The number of hydrogen-bond donors (Lipinski definition) is 0. The molecule has 0 N–H and O–H groups in total. The van der Waals surface area contributed by atoms with Crippen LogP contribution >= 0.6 is 0 Å². The van der Waals surface area contributed by atoms with Gasteiger partial charge in [-0.2, -0.15) is 5.10 Å². The Kier molecular flexibility index (Phi) is 5.22. The van der Waals surface area contributed by atoms with Crippen LogP contribution in [0.4, 0.5) is 0 Å². The minimum Gasteiger partial charge on any atom is -0.489 e. The fraction of sp³-hybridized carbons (Fsp3) is 0.192. The Hall–Kier alpha value is -3.33. The van der Waals surface area contributed by atoms with Gasteiger partial charge in [-0.05, 0) is 47.4 Å². The number of benzene rings is 3. The van der Waals surface area contributed by atoms with E-state index in [-0.39, 0.29) is 5.41 Å². The third-order valence-electron chi connectivity index (χ3n) is 4.92. The van der Waals surface area contributed by atoms with E-state index in [1.807, 2.05) is 53.2 Å². The molecule has 0 saturated carbocycles. The van der Waals surface area contributed by atoms with E-state index in [0.29, 0.717) is 6.61 Å². The molecule has 3 aromatic carbocycles. The first-order chi connectivity index (χ1) is 14.0. The van der Waals surface area contributed by atoms with Crippen molar-refractivity contribution in [2.24, 2.45) is 0 Å². The fourth-order valence-electron chi connectivity index (χ4n) is 3.30. The topological polar surface area (TPSA) is 27.1 Å². The van der Waals surface area contributed by atoms with E-state index >= 15 is 0 Å². The van der Waals surface area contributed by atoms with Gasteiger partial charge < -0.3 is 4.74 Å². The number of nitrogens with zero attached hydrogens (tertiary/aromatic N) is 2. The lowest BCUT2D eigenvalue weighted by Crippen LogP contribution is -2.11. The standard InChI is InChI=1S/C26H26N2O/c1-26(2,3)24-18-28(22-12-8-5-9-13-22)27-25(24)21-14-16-23(17-15-21)29-19-20-10-6-4-7-11-20/h4-18H,19H2,1-3H3. The maximum absolute atomic E-state index is 5.93. The summed E-state index contributed by atoms with van der Waals surface area (Å²) < 4.78 is 7.90. The summed E-state index contributed by atoms with van der Waals surface area (Å²) in [7, 11) is 0. The lowest BCUT2D eigenvalue weighted by Gasteiger charge is -2.18. The summed E-state index contributed by atoms with van der Waals surface area (Å²) >= 11 is 0. The Labute approximate surface area is 172 Å². The summed E-state index contributed by atoms with van der Waals surface area (Å²) in [5, 5.41) is 4.92. The Balaban J connectivity index is 1.61. The highest BCUT2D eigenvalue weighted by atomic mass is 16.5. The maximum Gasteiger partial charge on any atom is 0.119 e. The molecule has 0 amide bonds. The van der Waals surface area contributed by atoms with Crippen molar-refractivity contribution in [1.29, 1.82) is 0 Å². The molecule has 0 unspecified atom stereocenters. The molecule has 1 heterocycles. The van der Waals surface area contributed by atoms with Gasteiger partial charge in [-0.1, -0.05) is 69.3 Å². The molecular weight excluding hydrogens is 356 g/mol. The molecule has 0 spiro atoms. The molecule has 0 bridgehead atoms. The van der Waals surface area contributed by atoms with Crippen molar-refractivity contribution in [1.82, 2.24) is 9.78 Å². The first-order valence-electron chi connectivity index (χ1n) is 9.93. The van der Waals surface area contributed by atoms with Crippen LogP contribution < -0.4 is 4.74 Å². The molecule has 0 radical (unpaired) electrons. The minimum atomic E-state index is -0.00908. The number of hydrogen-bond acceptors (Lipinski definition) is 2. The van der Waals surface area contributed by atoms with Gasteiger partial charge in [-0.15, -0.1) is 0 Å². The monoisotopic (exact) mass is 382 g/mol. The molecular formula is C26H26N2O. The van der Waals surface area contributed by atoms with Gasteiger partial charge in [-0.3, -0.25) is 0 Å². The number of ether oxygens (including phenoxy) is 1. The normalized spacial score (nSPS) is 11.4. The second-order valence-electron chi connectivity index (χ2n) is 8.22. The fourth-order valence-corrected chi connectivity index (χ4v) is 3.30. The predicted molar refractivity (Wildman–Crippen MR) is 118 cm³/mol. The molecule has 29 heavy (non-hydrogen) atoms. The Morgan fingerprint density at radius 1 is 0.793 bits per heavy atom. The second-order valence-corrected chi connectivity index (χ2v) is 8.22. The average Bonchev–Trinajstić information content (AvgIpc) is 3.20. The van der Waals surface area contributed by atoms with Crippen molar-refractivity contribution >= 4 is 0 Å². The molecule has 0 aliphatic heterocycles. The molecule has 4 rings (SSSR count). The molecule has 146 valence electrons. The van der Waals surface area contributed by atoms with Gasteiger partial charge in [0.25, 0.3) is 0 Å². The molecule has 0 fully saturated rings. The Morgan fingerprint density at radius 2 is 1.41 bits per heavy atom. The Morgan fingerprint density at radius 3 is 2.03 bits per heavy atom. The van der Waals surface area contributed by atoms with Crippen molar-refractivity contribution in [2.75, 3.05) is 0 Å². The average molecular weight is 383 g/mol. The van der Waals surface area contributed by atoms with Crippen LogP contribution in [0.3, 0.4) is 0 Å². The molecule has 0 saturated heterocycles. The van der Waals surface area contributed by atoms with Crippen LogP contribution in [-0.4, -0.2) is 9.78 Å². The quantitative estimate of drug-likeness (QED) is 0.398. The van der Waals surface area contributed by atoms with Crippen LogP contribution in [0.1, 0.15) is 31.9 Å². The van der Waals surface area contributed by atoms with Crippen LogP contribution in [0.5, 0.6) is 5.75 Å². The van der Waals surface area contributed by atoms with E-state index in [4.69, 9.17) is 9.84 Å². The summed E-state index contributed by atoms with van der Waals surface area (Å²) in [6, 6.07) is 28.7. The first-order valence-corrected chi connectivity index (χ1v) is 9.93. The van der Waals surface area contributed by atoms with Crippen LogP contribution in [-0.2, 0) is 12.0 Å². The van der Waals surface area contributed by atoms with E-state index in [1.165, 1.54) is 5.56 Å². The molecule has 3 heteroatoms. The summed E-state index contributed by atoms with van der Waals surface area (Å²) in [4.78, 5) is 0. The van der Waals surface area contributed by atoms with Gasteiger partial charge >= 0.3 is 0 Å². The summed E-state index contributed by atoms with van der Waals surface area (Å²) in [6.45, 7) is 7.23. The van der Waals surface area contributed by atoms with Gasteiger partial charge in [0.15, 0.2) is 0 Å². The van der Waals surface area contributed by atoms with Crippen molar-refractivity contribution < 1.29 is 4.74 Å². The van der Waals surface area contributed by atoms with Crippen molar-refractivity contribution in [3.63, 3.8) is 0 Å². The third-order valence-corrected chi connectivity index (χ3v) is 4.92. The highest BCUT2D eigenvalue weighted by Gasteiger charge is 2.23. The smallest absolute Gasteiger partial charge is 0.119 e. The van der Waals surface area contributed by atoms with Gasteiger partial charge in [0.2, 0.25) is 0 Å². The highest BCUT2D eigenvalue weighted by Crippen LogP contribution is 2.33. The van der Waals surface area contributed by atoms with Gasteiger partial charge in [0, 0.05) is 17.3 Å². The van der Waals surface area contributed by atoms with Gasteiger partial charge in [0.1, 0.15) is 12.4 Å². The minimum absolute atomic E-state index is 0.00908. The number of aromatic nitrogens is 2. The number of rotatable bonds is 5. The van der Waals surface area contributed by atoms with E-state index in [1.54, 1.807) is 0 Å². The lowest BCUT2D eigenvalue weighted by atomic mass is 9.86. The molecule has 0 aliphatic rings. The predicted octanol–water partition coefficient (Wildman–Crippen LogP) is 6.42. The third kappa shape index (κ3) is 4.40. The van der Waals surface area contributed by atoms with Crippen molar-refractivity contribution in [3.05, 3.63) is 102 Å². The van der Waals surface area contributed by atoms with Crippen LogP contribution in [0.2, 0.25) is 0 Å². The molecule has 0 atom stereocenters. The van der Waals surface area contributed by atoms with Crippen molar-refractivity contribution in [3.8, 4) is 22.7 Å². The zero-order valence-electron chi connectivity index (χ0n) is 17.2. The van der Waals surface area contributed by atoms with E-state index < -0.39 is 0 Å². The molecule has 3 nitrogen and oxygen atoms in total. The summed E-state index contributed by atoms with van der Waals surface area (Å²) in [5.41, 5.74) is 5.54. The van der Waals surface area contributed by atoms with Crippen molar-refractivity contribution in [2.45, 2.75) is 32.8 Å². The van der Waals surface area contributed by atoms with Crippen LogP contribution in [0, 0.1) is 0 Å². The van der Waals surface area contributed by atoms with Crippen LogP contribution in [0.25, 0.3) is 16.9 Å². The number of para-hydroxylation sites is 1. The van der Waals surface area contributed by atoms with E-state index in [9.17, 15) is 0 Å². The maximum atomic E-state index is 5.93. The zero-order chi connectivity index (χ0) is 20.3. The molecule has 1 aromatic heterocycles. The largest absolute Gasteiger partial charge is 0.489 e. The van der Waals surface area contributed by atoms with Gasteiger partial charge in [-0.25, -0.2) is 4.68 Å². The second kappa shape index (κ2) is 7.96. The molecule has 0 aliphatic carbocycles.